The summed E-state index contributed by atoms with van der Waals surface area (Å²) in [6, 6.07) is 28.5. The number of rotatable bonds is 9. The molecule has 2 atom stereocenters. The molecule has 60 heavy (non-hydrogen) atoms. The zero-order valence-corrected chi connectivity index (χ0v) is 43.8. The Labute approximate surface area is 373 Å². The van der Waals surface area contributed by atoms with Crippen LogP contribution >= 0.6 is 17.0 Å². The van der Waals surface area contributed by atoms with Crippen LogP contribution in [0.5, 0.6) is 0 Å². The molecule has 2 unspecified atom stereocenters. The molecule has 0 aliphatic heterocycles. The number of allylic oxidation sites excluding steroid dienone is 2. The third-order valence-electron chi connectivity index (χ3n) is 15.8. The Balaban J connectivity index is 1.35. The van der Waals surface area contributed by atoms with Gasteiger partial charge < -0.3 is 0 Å². The van der Waals surface area contributed by atoms with E-state index in [1.807, 2.05) is 0 Å². The van der Waals surface area contributed by atoms with Gasteiger partial charge in [0.05, 0.1) is 0 Å². The minimum atomic E-state index is -5.10. The first-order valence-corrected chi connectivity index (χ1v) is 40.1. The van der Waals surface area contributed by atoms with Crippen molar-refractivity contribution in [2.45, 2.75) is 164 Å². The minimum absolute atomic E-state index is 0.111. The summed E-state index contributed by atoms with van der Waals surface area (Å²) in [5.41, 5.74) is 19.9. The maximum atomic E-state index is 9.26. The molecule has 0 aromatic heterocycles. The first-order chi connectivity index (χ1) is 28.4. The van der Waals surface area contributed by atoms with Crippen LogP contribution in [0.25, 0.3) is 34.4 Å². The maximum absolute atomic E-state index is 9.26. The Morgan fingerprint density at radius 2 is 0.867 bits per heavy atom. The van der Waals surface area contributed by atoms with E-state index in [2.05, 4.69) is 153 Å². The molecule has 0 N–H and O–H groups in total. The third-order valence-corrected chi connectivity index (χ3v) is 67.6. The summed E-state index contributed by atoms with van der Waals surface area (Å²) in [7, 11) is 18.5. The van der Waals surface area contributed by atoms with Gasteiger partial charge in [0.25, 0.3) is 0 Å². The molecule has 4 aromatic rings. The molecule has 4 aliphatic rings. The summed E-state index contributed by atoms with van der Waals surface area (Å²) in [4.78, 5) is 0. The summed E-state index contributed by atoms with van der Waals surface area (Å²) in [6.07, 6.45) is 21.0. The van der Waals surface area contributed by atoms with Crippen molar-refractivity contribution >= 4 is 35.1 Å². The van der Waals surface area contributed by atoms with Crippen LogP contribution in [0.3, 0.4) is 0 Å². The molecule has 0 heterocycles. The zero-order chi connectivity index (χ0) is 42.8. The van der Waals surface area contributed by atoms with Gasteiger partial charge in [-0.15, -0.1) is 0 Å². The molecule has 0 bridgehead atoms. The van der Waals surface area contributed by atoms with Gasteiger partial charge in [-0.25, -0.2) is 0 Å². The molecule has 8 rings (SSSR count). The van der Waals surface area contributed by atoms with Crippen LogP contribution < -0.4 is 0 Å². The second-order valence-corrected chi connectivity index (χ2v) is 64.8. The Morgan fingerprint density at radius 1 is 0.517 bits per heavy atom. The van der Waals surface area contributed by atoms with Gasteiger partial charge in [-0.1, -0.05) is 0 Å². The average molecular weight is 936 g/mol. The fourth-order valence-electron chi connectivity index (χ4n) is 12.2. The molecule has 0 saturated heterocycles. The second-order valence-electron chi connectivity index (χ2n) is 22.3. The van der Waals surface area contributed by atoms with Crippen molar-refractivity contribution in [2.24, 2.45) is 11.8 Å². The summed E-state index contributed by atoms with van der Waals surface area (Å²) in [5.74, 6) is -0.334. The fraction of sp³-hybridized carbons (Fsp3) is 0.500. The summed E-state index contributed by atoms with van der Waals surface area (Å²) in [6.45, 7) is 23.7. The molecule has 2 saturated carbocycles. The van der Waals surface area contributed by atoms with Crippen LogP contribution in [0.2, 0.25) is 13.1 Å². The van der Waals surface area contributed by atoms with Crippen molar-refractivity contribution in [3.05, 3.63) is 128 Å². The normalized spacial score (nSPS) is 21.1. The third kappa shape index (κ3) is 8.18. The van der Waals surface area contributed by atoms with Gasteiger partial charge in [-0.3, -0.25) is 0 Å². The van der Waals surface area contributed by atoms with Crippen LogP contribution in [0, 0.1) is 25.7 Å². The van der Waals surface area contributed by atoms with E-state index in [1.165, 1.54) is 131 Å². The Kier molecular flexibility index (Phi) is 12.6. The van der Waals surface area contributed by atoms with E-state index in [0.717, 1.165) is 12.8 Å². The molecule has 0 spiro atoms. The van der Waals surface area contributed by atoms with Crippen LogP contribution in [0.1, 0.15) is 170 Å². The molecule has 0 nitrogen and oxygen atoms in total. The van der Waals surface area contributed by atoms with Crippen molar-refractivity contribution in [1.29, 1.82) is 0 Å². The Morgan fingerprint density at radius 3 is 1.18 bits per heavy atom. The molecule has 4 heteroatoms. The first kappa shape index (κ1) is 44.6. The number of halogens is 2. The van der Waals surface area contributed by atoms with E-state index in [4.69, 9.17) is 0 Å². The molecule has 0 amide bonds. The van der Waals surface area contributed by atoms with Crippen molar-refractivity contribution in [2.75, 3.05) is 0 Å². The van der Waals surface area contributed by atoms with E-state index in [-0.39, 0.29) is 18.1 Å². The fourth-order valence-corrected chi connectivity index (χ4v) is 43.6. The number of benzene rings is 4. The summed E-state index contributed by atoms with van der Waals surface area (Å²) in [5, 5.41) is 0. The SMILES string of the molecule is Cc1ccc(-c2ccc(C(C)(C)C)cc2)c2c1[CH]([Zr]([Cl])([Cl])([CH]1C(CC3CCCCC3)=Cc3c(-c4ccc(C(C)(C)C)cc4)ccc(C)c31)[SiH](C)C)C(CC1CCCCC1)=C2. The van der Waals surface area contributed by atoms with Gasteiger partial charge in [0.1, 0.15) is 0 Å². The van der Waals surface area contributed by atoms with Crippen molar-refractivity contribution in [3.8, 4) is 22.3 Å². The van der Waals surface area contributed by atoms with Crippen molar-refractivity contribution in [3.63, 3.8) is 0 Å². The number of hydrogen-bond donors (Lipinski definition) is 0. The van der Waals surface area contributed by atoms with E-state index in [9.17, 15) is 17.0 Å². The molecule has 2 fully saturated rings. The number of fused-ring (bicyclic) bond motifs is 2. The van der Waals surface area contributed by atoms with Crippen LogP contribution in [-0.4, -0.2) is 5.92 Å². The van der Waals surface area contributed by atoms with Gasteiger partial charge >= 0.3 is 377 Å². The Hall–Kier alpha value is -1.96. The monoisotopic (exact) mass is 933 g/mol. The molecule has 319 valence electrons. The van der Waals surface area contributed by atoms with Gasteiger partial charge in [-0.2, -0.15) is 0 Å². The summed E-state index contributed by atoms with van der Waals surface area (Å²) >= 11 is -5.10. The van der Waals surface area contributed by atoms with E-state index in [0.29, 0.717) is 11.8 Å². The molecular formula is C56H73Cl2SiZr. The topological polar surface area (TPSA) is 0 Å². The molecule has 0 radical (unpaired) electrons. The zero-order valence-electron chi connectivity index (χ0n) is 38.7. The van der Waals surface area contributed by atoms with E-state index >= 15 is 0 Å². The van der Waals surface area contributed by atoms with Crippen LogP contribution in [0.4, 0.5) is 0 Å². The number of hydrogen-bond acceptors (Lipinski definition) is 0. The van der Waals surface area contributed by atoms with Gasteiger partial charge in [0, 0.05) is 0 Å². The predicted octanol–water partition coefficient (Wildman–Crippen LogP) is 17.7. The first-order valence-electron chi connectivity index (χ1n) is 23.8. The van der Waals surface area contributed by atoms with E-state index in [1.54, 1.807) is 11.1 Å². The molecule has 4 aromatic carbocycles. The molecular weight excluding hydrogens is 863 g/mol. The standard InChI is InChI=1S/2C27H33.C2H7Si.2ClH.Zr/c2*1-19-10-15-24(22-11-13-23(14-12-22)27(2,3)4)26-18-21(17-25(19)26)16-20-8-6-5-7-9-20;1-3-2;;;/h2*10-15,17-18,20H,5-9,16H2,1-4H3;3H,1-2H3;2*1H;/q;;;;;+2/p-2. The Bertz CT molecular complexity index is 2130. The number of aryl methyl sites for hydroxylation is 2. The van der Waals surface area contributed by atoms with Gasteiger partial charge in [-0.05, 0) is 0 Å². The van der Waals surface area contributed by atoms with E-state index < -0.39 is 21.5 Å². The second kappa shape index (κ2) is 16.9. The van der Waals surface area contributed by atoms with Crippen molar-refractivity contribution < 1.29 is 15.6 Å². The predicted molar refractivity (Wildman–Crippen MR) is 265 cm³/mol. The average Bonchev–Trinajstić information content (AvgIpc) is 3.80. The van der Waals surface area contributed by atoms with Gasteiger partial charge in [0.15, 0.2) is 0 Å². The van der Waals surface area contributed by atoms with Crippen molar-refractivity contribution in [1.82, 2.24) is 0 Å². The van der Waals surface area contributed by atoms with Crippen LogP contribution in [0.15, 0.2) is 83.9 Å². The van der Waals surface area contributed by atoms with Crippen LogP contribution in [-0.2, 0) is 26.4 Å². The quantitative estimate of drug-likeness (QED) is 0.147. The van der Waals surface area contributed by atoms with Gasteiger partial charge in [0.2, 0.25) is 0 Å². The summed E-state index contributed by atoms with van der Waals surface area (Å²) < 4.78 is 0.235. The molecule has 4 aliphatic carbocycles.